The summed E-state index contributed by atoms with van der Waals surface area (Å²) in [7, 11) is 2.16. The molecule has 4 aliphatic carbocycles. The Hall–Kier alpha value is -0.340. The average molecular weight is 303 g/mol. The predicted molar refractivity (Wildman–Crippen MR) is 90.5 cm³/mol. The molecule has 2 heteroatoms. The van der Waals surface area contributed by atoms with Gasteiger partial charge in [0, 0.05) is 6.04 Å². The van der Waals surface area contributed by atoms with Crippen LogP contribution in [-0.2, 0) is 0 Å². The number of aliphatic hydroxyl groups is 1. The molecule has 2 N–H and O–H groups in total. The van der Waals surface area contributed by atoms with Crippen LogP contribution in [0.15, 0.2) is 12.2 Å². The zero-order valence-corrected chi connectivity index (χ0v) is 14.5. The van der Waals surface area contributed by atoms with Crippen molar-refractivity contribution in [3.8, 4) is 0 Å². The Morgan fingerprint density at radius 1 is 1.05 bits per heavy atom. The SMILES string of the molecule is CN[C@H]1CC[C@H]2[C@@H]3CC[C@@H]4C[C@@H](O)C=C[C@]4(C)[C@H]3CC[C@]12C. The van der Waals surface area contributed by atoms with Gasteiger partial charge in [-0.1, -0.05) is 26.0 Å². The number of nitrogens with one attached hydrogen (secondary N) is 1. The Bertz CT molecular complexity index is 474. The molecule has 8 atom stereocenters. The van der Waals surface area contributed by atoms with Crippen molar-refractivity contribution in [2.75, 3.05) is 7.05 Å². The molecule has 0 radical (unpaired) electrons. The van der Waals surface area contributed by atoms with Gasteiger partial charge in [-0.2, -0.15) is 0 Å². The molecule has 2 nitrogen and oxygen atoms in total. The predicted octanol–water partition coefficient (Wildman–Crippen LogP) is 3.75. The summed E-state index contributed by atoms with van der Waals surface area (Å²) >= 11 is 0. The summed E-state index contributed by atoms with van der Waals surface area (Å²) in [5.74, 6) is 3.39. The highest BCUT2D eigenvalue weighted by Gasteiger charge is 2.59. The Labute approximate surface area is 135 Å². The monoisotopic (exact) mass is 303 g/mol. The van der Waals surface area contributed by atoms with E-state index in [9.17, 15) is 5.11 Å². The summed E-state index contributed by atoms with van der Waals surface area (Å²) in [6.07, 6.45) is 13.6. The molecule has 0 aromatic heterocycles. The van der Waals surface area contributed by atoms with E-state index in [1.54, 1.807) is 0 Å². The Morgan fingerprint density at radius 3 is 2.64 bits per heavy atom. The van der Waals surface area contributed by atoms with Gasteiger partial charge < -0.3 is 10.4 Å². The van der Waals surface area contributed by atoms with Gasteiger partial charge in [0.1, 0.15) is 0 Å². The second-order valence-corrected chi connectivity index (χ2v) is 9.14. The highest BCUT2D eigenvalue weighted by molar-refractivity contribution is 5.17. The van der Waals surface area contributed by atoms with Crippen molar-refractivity contribution in [2.45, 2.75) is 70.9 Å². The minimum absolute atomic E-state index is 0.191. The molecule has 4 aliphatic rings. The molecule has 0 heterocycles. The first-order chi connectivity index (χ1) is 10.5. The van der Waals surface area contributed by atoms with Crippen LogP contribution in [0.2, 0.25) is 0 Å². The Morgan fingerprint density at radius 2 is 1.86 bits per heavy atom. The van der Waals surface area contributed by atoms with Crippen LogP contribution in [0, 0.1) is 34.5 Å². The molecule has 3 fully saturated rings. The van der Waals surface area contributed by atoms with Gasteiger partial charge in [0.15, 0.2) is 0 Å². The van der Waals surface area contributed by atoms with Crippen LogP contribution in [0.3, 0.4) is 0 Å². The van der Waals surface area contributed by atoms with Gasteiger partial charge in [0.25, 0.3) is 0 Å². The first-order valence-corrected chi connectivity index (χ1v) is 9.53. The van der Waals surface area contributed by atoms with Gasteiger partial charge in [-0.05, 0) is 86.5 Å². The molecule has 0 amide bonds. The lowest BCUT2D eigenvalue weighted by Gasteiger charge is -2.59. The fourth-order valence-corrected chi connectivity index (χ4v) is 7.26. The van der Waals surface area contributed by atoms with E-state index in [1.807, 2.05) is 0 Å². The van der Waals surface area contributed by atoms with Crippen LogP contribution in [0.1, 0.15) is 58.8 Å². The first-order valence-electron chi connectivity index (χ1n) is 9.53. The lowest BCUT2D eigenvalue weighted by atomic mass is 9.46. The van der Waals surface area contributed by atoms with Crippen LogP contribution >= 0.6 is 0 Å². The van der Waals surface area contributed by atoms with Crippen LogP contribution in [-0.4, -0.2) is 24.3 Å². The van der Waals surface area contributed by atoms with E-state index in [0.29, 0.717) is 16.7 Å². The fourth-order valence-electron chi connectivity index (χ4n) is 7.26. The van der Waals surface area contributed by atoms with Crippen LogP contribution < -0.4 is 5.32 Å². The quantitative estimate of drug-likeness (QED) is 0.723. The maximum absolute atomic E-state index is 10.0. The third-order valence-corrected chi connectivity index (χ3v) is 8.52. The second kappa shape index (κ2) is 5.08. The van der Waals surface area contributed by atoms with E-state index in [1.165, 1.54) is 38.5 Å². The third kappa shape index (κ3) is 1.92. The summed E-state index contributed by atoms with van der Waals surface area (Å²) < 4.78 is 0. The standard InChI is InChI=1S/C20H33NO/c1-19-10-8-14(22)12-13(19)4-5-15-16-6-7-18(21-3)20(16,2)11-9-17(15)19/h8,10,13-18,21-22H,4-7,9,11-12H2,1-3H3/t13-,14+,15+,16+,17+,18+,19+,20+/m1/s1. The van der Waals surface area contributed by atoms with E-state index in [0.717, 1.165) is 30.2 Å². The van der Waals surface area contributed by atoms with Crippen molar-refractivity contribution in [1.82, 2.24) is 5.32 Å². The molecule has 0 spiro atoms. The van der Waals surface area contributed by atoms with Crippen LogP contribution in [0.25, 0.3) is 0 Å². The van der Waals surface area contributed by atoms with Crippen molar-refractivity contribution in [2.24, 2.45) is 34.5 Å². The zero-order chi connectivity index (χ0) is 15.5. The van der Waals surface area contributed by atoms with Gasteiger partial charge >= 0.3 is 0 Å². The van der Waals surface area contributed by atoms with Gasteiger partial charge in [-0.3, -0.25) is 0 Å². The molecule has 0 aromatic rings. The number of fused-ring (bicyclic) bond motifs is 5. The van der Waals surface area contributed by atoms with Crippen LogP contribution in [0.5, 0.6) is 0 Å². The van der Waals surface area contributed by atoms with E-state index in [4.69, 9.17) is 0 Å². The van der Waals surface area contributed by atoms with Crippen molar-refractivity contribution in [1.29, 1.82) is 0 Å². The number of aliphatic hydroxyl groups excluding tert-OH is 1. The highest BCUT2D eigenvalue weighted by Crippen LogP contribution is 2.65. The largest absolute Gasteiger partial charge is 0.389 e. The van der Waals surface area contributed by atoms with Crippen molar-refractivity contribution in [3.63, 3.8) is 0 Å². The van der Waals surface area contributed by atoms with E-state index in [2.05, 4.69) is 38.4 Å². The summed E-state index contributed by atoms with van der Waals surface area (Å²) in [5, 5.41) is 13.6. The maximum atomic E-state index is 10.0. The lowest BCUT2D eigenvalue weighted by Crippen LogP contribution is -2.54. The van der Waals surface area contributed by atoms with Crippen molar-refractivity contribution in [3.05, 3.63) is 12.2 Å². The normalized spacial score (nSPS) is 57.1. The third-order valence-electron chi connectivity index (χ3n) is 8.52. The molecule has 0 bridgehead atoms. The number of allylic oxidation sites excluding steroid dienone is 1. The minimum atomic E-state index is -0.191. The lowest BCUT2D eigenvalue weighted by molar-refractivity contribution is -0.0806. The first kappa shape index (κ1) is 15.2. The summed E-state index contributed by atoms with van der Waals surface area (Å²) in [4.78, 5) is 0. The summed E-state index contributed by atoms with van der Waals surface area (Å²) in [6.45, 7) is 5.07. The van der Waals surface area contributed by atoms with Gasteiger partial charge in [0.05, 0.1) is 6.10 Å². The van der Waals surface area contributed by atoms with Gasteiger partial charge in [-0.25, -0.2) is 0 Å². The molecular weight excluding hydrogens is 270 g/mol. The molecule has 0 aromatic carbocycles. The van der Waals surface area contributed by atoms with E-state index < -0.39 is 0 Å². The van der Waals surface area contributed by atoms with Gasteiger partial charge in [0.2, 0.25) is 0 Å². The Kier molecular flexibility index (Phi) is 3.51. The molecule has 0 aliphatic heterocycles. The minimum Gasteiger partial charge on any atom is -0.389 e. The summed E-state index contributed by atoms with van der Waals surface area (Å²) in [5.41, 5.74) is 0.873. The second-order valence-electron chi connectivity index (χ2n) is 9.14. The number of rotatable bonds is 1. The molecule has 124 valence electrons. The smallest absolute Gasteiger partial charge is 0.0724 e. The van der Waals surface area contributed by atoms with E-state index in [-0.39, 0.29) is 6.10 Å². The fraction of sp³-hybridized carbons (Fsp3) is 0.900. The molecule has 0 unspecified atom stereocenters. The van der Waals surface area contributed by atoms with Gasteiger partial charge in [-0.15, -0.1) is 0 Å². The number of hydrogen-bond donors (Lipinski definition) is 2. The molecule has 22 heavy (non-hydrogen) atoms. The number of hydrogen-bond acceptors (Lipinski definition) is 2. The van der Waals surface area contributed by atoms with E-state index >= 15 is 0 Å². The van der Waals surface area contributed by atoms with Crippen molar-refractivity contribution >= 4 is 0 Å². The topological polar surface area (TPSA) is 32.3 Å². The highest BCUT2D eigenvalue weighted by atomic mass is 16.3. The molecular formula is C20H33NO. The summed E-state index contributed by atoms with van der Waals surface area (Å²) in [6, 6.07) is 0.729. The maximum Gasteiger partial charge on any atom is 0.0724 e. The molecule has 4 rings (SSSR count). The molecule has 3 saturated carbocycles. The van der Waals surface area contributed by atoms with Crippen molar-refractivity contribution < 1.29 is 5.11 Å². The Balaban J connectivity index is 1.65. The average Bonchev–Trinajstić information content (AvgIpc) is 2.84. The molecule has 0 saturated heterocycles. The zero-order valence-electron chi connectivity index (χ0n) is 14.5. The van der Waals surface area contributed by atoms with Crippen LogP contribution in [0.4, 0.5) is 0 Å².